The van der Waals surface area contributed by atoms with Crippen molar-refractivity contribution in [1.29, 1.82) is 0 Å². The quantitative estimate of drug-likeness (QED) is 0.580. The summed E-state index contributed by atoms with van der Waals surface area (Å²) in [7, 11) is 0. The van der Waals surface area contributed by atoms with Crippen LogP contribution in [0.4, 0.5) is 0 Å². The summed E-state index contributed by atoms with van der Waals surface area (Å²) in [6.45, 7) is -0.589. The summed E-state index contributed by atoms with van der Waals surface area (Å²) < 4.78 is 0. The van der Waals surface area contributed by atoms with Gasteiger partial charge in [-0.3, -0.25) is 20.2 Å². The molecule has 0 unspecified atom stereocenters. The molecule has 0 aliphatic carbocycles. The fraction of sp³-hybridized carbons (Fsp3) is 0.333. The van der Waals surface area contributed by atoms with Gasteiger partial charge in [-0.15, -0.1) is 22.7 Å². The minimum absolute atomic E-state index is 0.295. The first-order valence-corrected chi connectivity index (χ1v) is 7.64. The molecule has 0 spiro atoms. The van der Waals surface area contributed by atoms with Crippen molar-refractivity contribution < 1.29 is 9.85 Å². The maximum absolute atomic E-state index is 10.9. The number of rotatable bonds is 7. The van der Waals surface area contributed by atoms with Crippen LogP contribution < -0.4 is 0 Å². The zero-order valence-corrected chi connectivity index (χ0v) is 12.0. The molecule has 2 aromatic heterocycles. The lowest BCUT2D eigenvalue weighted by Gasteiger charge is -2.19. The van der Waals surface area contributed by atoms with Crippen LogP contribution >= 0.6 is 22.7 Å². The van der Waals surface area contributed by atoms with E-state index in [0.29, 0.717) is 0 Å². The second-order valence-corrected chi connectivity index (χ2v) is 6.23. The van der Waals surface area contributed by atoms with E-state index in [2.05, 4.69) is 0 Å². The molecule has 106 valence electrons. The molecule has 0 amide bonds. The molecule has 0 N–H and O–H groups in total. The summed E-state index contributed by atoms with van der Waals surface area (Å²) in [5.41, 5.74) is 0. The molecule has 8 heteroatoms. The maximum atomic E-state index is 10.9. The zero-order chi connectivity index (χ0) is 14.5. The Morgan fingerprint density at radius 2 is 1.30 bits per heavy atom. The predicted octanol–water partition coefficient (Wildman–Crippen LogP) is 3.23. The van der Waals surface area contributed by atoms with Crippen LogP contribution in [-0.4, -0.2) is 22.9 Å². The first-order chi connectivity index (χ1) is 9.58. The van der Waals surface area contributed by atoms with Gasteiger partial charge in [0.05, 0.1) is 11.8 Å². The first kappa shape index (κ1) is 14.6. The highest BCUT2D eigenvalue weighted by atomic mass is 32.1. The molecule has 0 aromatic carbocycles. The number of hydrogen-bond donors (Lipinski definition) is 0. The van der Waals surface area contributed by atoms with Gasteiger partial charge in [0.15, 0.2) is 0 Å². The van der Waals surface area contributed by atoms with Gasteiger partial charge < -0.3 is 0 Å². The highest BCUT2D eigenvalue weighted by molar-refractivity contribution is 7.10. The monoisotopic (exact) mass is 312 g/mol. The Morgan fingerprint density at radius 3 is 1.55 bits per heavy atom. The molecular weight excluding hydrogens is 300 g/mol. The fourth-order valence-corrected chi connectivity index (χ4v) is 3.93. The summed E-state index contributed by atoms with van der Waals surface area (Å²) in [6, 6.07) is 7.23. The normalized spacial score (nSPS) is 13.8. The summed E-state index contributed by atoms with van der Waals surface area (Å²) in [4.78, 5) is 22.7. The van der Waals surface area contributed by atoms with Gasteiger partial charge in [-0.1, -0.05) is 12.1 Å². The number of nitro groups is 2. The lowest BCUT2D eigenvalue weighted by atomic mass is 9.89. The Bertz CT molecular complexity index is 516. The Labute approximate surface area is 123 Å². The fourth-order valence-electron chi connectivity index (χ4n) is 2.16. The maximum Gasteiger partial charge on any atom is 0.212 e. The minimum atomic E-state index is -0.464. The van der Waals surface area contributed by atoms with Crippen LogP contribution in [0, 0.1) is 20.2 Å². The van der Waals surface area contributed by atoms with Crippen molar-refractivity contribution in [2.75, 3.05) is 13.1 Å². The number of thiophene rings is 2. The van der Waals surface area contributed by atoms with Gasteiger partial charge in [-0.05, 0) is 22.9 Å². The molecule has 0 bridgehead atoms. The highest BCUT2D eigenvalue weighted by Gasteiger charge is 2.34. The van der Waals surface area contributed by atoms with Gasteiger partial charge in [-0.2, -0.15) is 0 Å². The van der Waals surface area contributed by atoms with Crippen molar-refractivity contribution in [3.8, 4) is 0 Å². The molecule has 0 saturated heterocycles. The Balaban J connectivity index is 2.35. The van der Waals surface area contributed by atoms with E-state index in [9.17, 15) is 20.2 Å². The summed E-state index contributed by atoms with van der Waals surface area (Å²) >= 11 is 2.81. The highest BCUT2D eigenvalue weighted by Crippen LogP contribution is 2.37. The third-order valence-electron chi connectivity index (χ3n) is 2.99. The summed E-state index contributed by atoms with van der Waals surface area (Å²) in [5.74, 6) is -0.928. The minimum Gasteiger partial charge on any atom is -0.265 e. The molecule has 20 heavy (non-hydrogen) atoms. The molecule has 2 rings (SSSR count). The van der Waals surface area contributed by atoms with Gasteiger partial charge in [0.1, 0.15) is 0 Å². The van der Waals surface area contributed by atoms with E-state index in [1.807, 2.05) is 22.9 Å². The molecule has 0 saturated carbocycles. The molecule has 0 fully saturated rings. The van der Waals surface area contributed by atoms with Gasteiger partial charge in [-0.25, -0.2) is 0 Å². The molecule has 0 radical (unpaired) electrons. The van der Waals surface area contributed by atoms with E-state index in [0.717, 1.165) is 9.75 Å². The first-order valence-electron chi connectivity index (χ1n) is 5.88. The van der Waals surface area contributed by atoms with E-state index in [1.165, 1.54) is 22.7 Å². The summed E-state index contributed by atoms with van der Waals surface area (Å²) in [5, 5.41) is 25.5. The lowest BCUT2D eigenvalue weighted by molar-refractivity contribution is -0.498. The van der Waals surface area contributed by atoms with Crippen LogP contribution in [0.3, 0.4) is 0 Å². The second kappa shape index (κ2) is 6.58. The van der Waals surface area contributed by atoms with Crippen molar-refractivity contribution >= 4 is 22.7 Å². The van der Waals surface area contributed by atoms with Crippen LogP contribution in [0.1, 0.15) is 21.6 Å². The van der Waals surface area contributed by atoms with Gasteiger partial charge in [0.25, 0.3) is 0 Å². The second-order valence-electron chi connectivity index (χ2n) is 4.27. The zero-order valence-electron chi connectivity index (χ0n) is 10.4. The molecule has 2 heterocycles. The Hall–Kier alpha value is -1.80. The molecule has 0 aliphatic rings. The molecule has 2 aromatic rings. The van der Waals surface area contributed by atoms with Gasteiger partial charge >= 0.3 is 0 Å². The lowest BCUT2D eigenvalue weighted by Crippen LogP contribution is -2.24. The average molecular weight is 312 g/mol. The van der Waals surface area contributed by atoms with Crippen molar-refractivity contribution in [2.24, 2.45) is 0 Å². The van der Waals surface area contributed by atoms with Crippen molar-refractivity contribution in [3.63, 3.8) is 0 Å². The molecule has 2 atom stereocenters. The Morgan fingerprint density at radius 1 is 0.900 bits per heavy atom. The van der Waals surface area contributed by atoms with Crippen LogP contribution in [0.5, 0.6) is 0 Å². The SMILES string of the molecule is O=[N+]([O-])C[C@H](c1cccs1)[C@H](C[N+](=O)[O-])c1cccs1. The van der Waals surface area contributed by atoms with E-state index in [4.69, 9.17) is 0 Å². The van der Waals surface area contributed by atoms with Crippen molar-refractivity contribution in [1.82, 2.24) is 0 Å². The van der Waals surface area contributed by atoms with E-state index >= 15 is 0 Å². The van der Waals surface area contributed by atoms with E-state index in [-0.39, 0.29) is 13.1 Å². The number of hydrogen-bond acceptors (Lipinski definition) is 6. The van der Waals surface area contributed by atoms with E-state index in [1.54, 1.807) is 12.1 Å². The number of nitrogens with zero attached hydrogens (tertiary/aromatic N) is 2. The molecule has 0 aliphatic heterocycles. The molecular formula is C12H12N2O4S2. The van der Waals surface area contributed by atoms with Crippen LogP contribution in [0.25, 0.3) is 0 Å². The van der Waals surface area contributed by atoms with Gasteiger partial charge in [0, 0.05) is 19.6 Å². The predicted molar refractivity (Wildman–Crippen MR) is 77.8 cm³/mol. The van der Waals surface area contributed by atoms with Gasteiger partial charge in [0.2, 0.25) is 13.1 Å². The topological polar surface area (TPSA) is 86.3 Å². The van der Waals surface area contributed by atoms with Crippen LogP contribution in [-0.2, 0) is 0 Å². The third-order valence-corrected chi connectivity index (χ3v) is 5.00. The van der Waals surface area contributed by atoms with Crippen molar-refractivity contribution in [2.45, 2.75) is 11.8 Å². The smallest absolute Gasteiger partial charge is 0.212 e. The average Bonchev–Trinajstić information content (AvgIpc) is 3.04. The van der Waals surface area contributed by atoms with Crippen LogP contribution in [0.2, 0.25) is 0 Å². The molecule has 6 nitrogen and oxygen atoms in total. The Kier molecular flexibility index (Phi) is 4.80. The third kappa shape index (κ3) is 3.61. The largest absolute Gasteiger partial charge is 0.265 e. The summed E-state index contributed by atoms with van der Waals surface area (Å²) in [6.07, 6.45) is 0. The van der Waals surface area contributed by atoms with E-state index < -0.39 is 21.7 Å². The van der Waals surface area contributed by atoms with Crippen LogP contribution in [0.15, 0.2) is 35.0 Å². The standard InChI is InChI=1S/C12H12N2O4S2/c15-13(16)7-9(11-3-1-5-19-11)10(8-14(17)18)12-4-2-6-20-12/h1-6,9-10H,7-8H2/t9-,10-/m0/s1. The van der Waals surface area contributed by atoms with Crippen molar-refractivity contribution in [3.05, 3.63) is 65.0 Å².